The van der Waals surface area contributed by atoms with Gasteiger partial charge in [-0.15, -0.1) is 0 Å². The van der Waals surface area contributed by atoms with Crippen molar-refractivity contribution in [2.45, 2.75) is 57.2 Å². The van der Waals surface area contributed by atoms with Crippen molar-refractivity contribution in [2.75, 3.05) is 43.1 Å². The van der Waals surface area contributed by atoms with Crippen molar-refractivity contribution < 1.29 is 4.74 Å². The van der Waals surface area contributed by atoms with E-state index in [1.807, 2.05) is 13.0 Å². The molecule has 6 rings (SSSR count). The zero-order valence-corrected chi connectivity index (χ0v) is 19.6. The predicted molar refractivity (Wildman–Crippen MR) is 129 cm³/mol. The van der Waals surface area contributed by atoms with Gasteiger partial charge in [0.05, 0.1) is 24.7 Å². The second-order valence-electron chi connectivity index (χ2n) is 9.65. The Morgan fingerprint density at radius 2 is 1.97 bits per heavy atom. The molecule has 3 aliphatic rings. The van der Waals surface area contributed by atoms with Crippen molar-refractivity contribution in [1.82, 2.24) is 29.6 Å². The molecule has 3 saturated heterocycles. The molecule has 34 heavy (non-hydrogen) atoms. The van der Waals surface area contributed by atoms with Gasteiger partial charge in [-0.25, -0.2) is 0 Å². The van der Waals surface area contributed by atoms with Crippen LogP contribution in [0.25, 0.3) is 11.0 Å². The molecule has 10 nitrogen and oxygen atoms in total. The summed E-state index contributed by atoms with van der Waals surface area (Å²) in [4.78, 5) is 14.8. The number of aryl methyl sites for hydroxylation is 1. The van der Waals surface area contributed by atoms with E-state index in [1.165, 1.54) is 12.8 Å². The number of nitrogens with one attached hydrogen (secondary N) is 2. The molecule has 0 aliphatic carbocycles. The van der Waals surface area contributed by atoms with Crippen molar-refractivity contribution in [3.63, 3.8) is 0 Å². The summed E-state index contributed by atoms with van der Waals surface area (Å²) in [6, 6.07) is 7.96. The molecule has 3 atom stereocenters. The van der Waals surface area contributed by atoms with E-state index in [9.17, 15) is 0 Å². The van der Waals surface area contributed by atoms with E-state index in [0.29, 0.717) is 49.5 Å². The van der Waals surface area contributed by atoms with E-state index in [4.69, 9.17) is 20.0 Å². The molecule has 0 aromatic carbocycles. The van der Waals surface area contributed by atoms with Crippen LogP contribution in [0.4, 0.5) is 17.6 Å². The first kappa shape index (κ1) is 21.4. The van der Waals surface area contributed by atoms with Gasteiger partial charge in [0.15, 0.2) is 5.82 Å². The maximum absolute atomic E-state index is 9.06. The van der Waals surface area contributed by atoms with E-state index in [1.54, 1.807) is 0 Å². The highest BCUT2D eigenvalue weighted by Crippen LogP contribution is 2.42. The molecule has 0 spiro atoms. The van der Waals surface area contributed by atoms with E-state index >= 15 is 0 Å². The third kappa shape index (κ3) is 3.89. The van der Waals surface area contributed by atoms with Gasteiger partial charge in [-0.1, -0.05) is 0 Å². The number of ether oxygens (including phenoxy) is 1. The summed E-state index contributed by atoms with van der Waals surface area (Å²) in [5.74, 6) is 2.23. The molecule has 178 valence electrons. The Labute approximate surface area is 198 Å². The monoisotopic (exact) mass is 461 g/mol. The van der Waals surface area contributed by atoms with E-state index in [-0.39, 0.29) is 0 Å². The molecular formula is C24H31N9O. The second-order valence-corrected chi connectivity index (χ2v) is 9.65. The number of hydrogen-bond acceptors (Lipinski definition) is 8. The predicted octanol–water partition coefficient (Wildman–Crippen LogP) is 3.12. The SMILES string of the molecule is Cc1cc(Nc2nc(N3CCOCC3)c3ccn([C@@H]4C[C@H]5CC[C@@H](C4)N5CCC#N)c3n2)n[nH]1. The third-order valence-electron chi connectivity index (χ3n) is 7.54. The van der Waals surface area contributed by atoms with Crippen LogP contribution in [0, 0.1) is 18.3 Å². The van der Waals surface area contributed by atoms with Crippen LogP contribution >= 0.6 is 0 Å². The van der Waals surface area contributed by atoms with E-state index in [2.05, 4.69) is 48.2 Å². The Kier molecular flexibility index (Phi) is 5.59. The molecule has 3 aromatic heterocycles. The molecule has 2 bridgehead atoms. The number of H-pyrrole nitrogens is 1. The summed E-state index contributed by atoms with van der Waals surface area (Å²) in [6.45, 7) is 5.92. The maximum Gasteiger partial charge on any atom is 0.232 e. The minimum Gasteiger partial charge on any atom is -0.378 e. The third-order valence-corrected chi connectivity index (χ3v) is 7.54. The quantitative estimate of drug-likeness (QED) is 0.576. The van der Waals surface area contributed by atoms with E-state index < -0.39 is 0 Å². The second kappa shape index (κ2) is 8.89. The number of piperidine rings is 1. The highest BCUT2D eigenvalue weighted by molar-refractivity contribution is 5.89. The van der Waals surface area contributed by atoms with Crippen LogP contribution in [-0.4, -0.2) is 74.6 Å². The number of hydrogen-bond donors (Lipinski definition) is 2. The van der Waals surface area contributed by atoms with Crippen LogP contribution in [0.3, 0.4) is 0 Å². The largest absolute Gasteiger partial charge is 0.378 e. The molecule has 0 amide bonds. The van der Waals surface area contributed by atoms with Crippen LogP contribution in [0.15, 0.2) is 18.3 Å². The molecule has 10 heteroatoms. The molecule has 3 aliphatic heterocycles. The first-order valence-corrected chi connectivity index (χ1v) is 12.3. The number of morpholine rings is 1. The van der Waals surface area contributed by atoms with Gasteiger partial charge in [0.2, 0.25) is 5.95 Å². The minimum atomic E-state index is 0.404. The van der Waals surface area contributed by atoms with Crippen molar-refractivity contribution in [3.05, 3.63) is 24.0 Å². The highest BCUT2D eigenvalue weighted by Gasteiger charge is 2.41. The molecular weight excluding hydrogens is 430 g/mol. The normalized spacial score (nSPS) is 25.1. The van der Waals surface area contributed by atoms with Gasteiger partial charge in [0.25, 0.3) is 0 Å². The lowest BCUT2D eigenvalue weighted by atomic mass is 9.97. The Morgan fingerprint density at radius 3 is 2.68 bits per heavy atom. The number of nitriles is 1. The lowest BCUT2D eigenvalue weighted by molar-refractivity contribution is 0.111. The van der Waals surface area contributed by atoms with Gasteiger partial charge in [0, 0.05) is 62.1 Å². The lowest BCUT2D eigenvalue weighted by Gasteiger charge is -2.39. The van der Waals surface area contributed by atoms with Crippen molar-refractivity contribution in [2.24, 2.45) is 0 Å². The van der Waals surface area contributed by atoms with Crippen molar-refractivity contribution in [1.29, 1.82) is 5.26 Å². The van der Waals surface area contributed by atoms with Gasteiger partial charge in [-0.2, -0.15) is 20.3 Å². The van der Waals surface area contributed by atoms with Gasteiger partial charge in [0.1, 0.15) is 11.5 Å². The van der Waals surface area contributed by atoms with Gasteiger partial charge in [-0.3, -0.25) is 10.00 Å². The molecule has 0 radical (unpaired) electrons. The Bertz CT molecular complexity index is 1190. The number of fused-ring (bicyclic) bond motifs is 3. The number of rotatable bonds is 6. The summed E-state index contributed by atoms with van der Waals surface area (Å²) in [6.07, 6.45) is 7.47. The molecule has 0 unspecified atom stereocenters. The van der Waals surface area contributed by atoms with Crippen LogP contribution in [-0.2, 0) is 4.74 Å². The number of nitrogens with zero attached hydrogens (tertiary/aromatic N) is 7. The van der Waals surface area contributed by atoms with Crippen LogP contribution in [0.1, 0.15) is 43.8 Å². The van der Waals surface area contributed by atoms with E-state index in [0.717, 1.165) is 55.0 Å². The molecule has 2 N–H and O–H groups in total. The van der Waals surface area contributed by atoms with Gasteiger partial charge >= 0.3 is 0 Å². The van der Waals surface area contributed by atoms with Crippen molar-refractivity contribution in [3.8, 4) is 6.07 Å². The summed E-state index contributed by atoms with van der Waals surface area (Å²) in [5, 5.41) is 20.7. The zero-order valence-electron chi connectivity index (χ0n) is 19.6. The first-order chi connectivity index (χ1) is 16.7. The maximum atomic E-state index is 9.06. The average Bonchev–Trinajstić information content (AvgIpc) is 3.53. The molecule has 3 aromatic rings. The van der Waals surface area contributed by atoms with Gasteiger partial charge in [-0.05, 0) is 38.7 Å². The Hall–Kier alpha value is -3.16. The highest BCUT2D eigenvalue weighted by atomic mass is 16.5. The number of anilines is 3. The number of aromatic amines is 1. The smallest absolute Gasteiger partial charge is 0.232 e. The summed E-state index contributed by atoms with van der Waals surface area (Å²) in [7, 11) is 0. The fourth-order valence-corrected chi connectivity index (χ4v) is 6.00. The van der Waals surface area contributed by atoms with Crippen molar-refractivity contribution >= 4 is 28.6 Å². The van der Waals surface area contributed by atoms with Crippen LogP contribution in [0.5, 0.6) is 0 Å². The Morgan fingerprint density at radius 1 is 1.18 bits per heavy atom. The summed E-state index contributed by atoms with van der Waals surface area (Å²) < 4.78 is 7.96. The molecule has 6 heterocycles. The standard InChI is InChI=1S/C24H31N9O/c1-16-13-21(30-29-16)26-24-27-22(31-9-11-34-12-10-31)20-5-8-33(23(20)28-24)19-14-17-3-4-18(15-19)32(17)7-2-6-25/h5,8,13,17-19H,2-4,7,9-12,14-15H2,1H3,(H2,26,27,28,29,30)/t17-,18+,19-. The molecule has 3 fully saturated rings. The van der Waals surface area contributed by atoms with Crippen LogP contribution in [0.2, 0.25) is 0 Å². The number of aromatic nitrogens is 5. The average molecular weight is 462 g/mol. The topological polar surface area (TPSA) is 111 Å². The summed E-state index contributed by atoms with van der Waals surface area (Å²) >= 11 is 0. The fourth-order valence-electron chi connectivity index (χ4n) is 6.00. The van der Waals surface area contributed by atoms with Gasteiger partial charge < -0.3 is 19.5 Å². The molecule has 0 saturated carbocycles. The zero-order chi connectivity index (χ0) is 23.1. The van der Waals surface area contributed by atoms with Crippen LogP contribution < -0.4 is 10.2 Å². The minimum absolute atomic E-state index is 0.404. The summed E-state index contributed by atoms with van der Waals surface area (Å²) in [5.41, 5.74) is 1.96. The first-order valence-electron chi connectivity index (χ1n) is 12.3. The fraction of sp³-hybridized carbons (Fsp3) is 0.583. The lowest BCUT2D eigenvalue weighted by Crippen LogP contribution is -2.43. The Balaban J connectivity index is 1.35.